The molecule has 3 unspecified atom stereocenters. The molecule has 0 amide bonds. The minimum atomic E-state index is 0.389. The molecule has 1 aromatic rings. The van der Waals surface area contributed by atoms with Crippen molar-refractivity contribution >= 4 is 33.4 Å². The molecule has 4 heteroatoms. The van der Waals surface area contributed by atoms with Gasteiger partial charge in [0.05, 0.1) is 0 Å². The van der Waals surface area contributed by atoms with Crippen LogP contribution in [0.5, 0.6) is 0 Å². The van der Waals surface area contributed by atoms with E-state index in [1.807, 2.05) is 0 Å². The normalized spacial score (nSPS) is 24.8. The van der Waals surface area contributed by atoms with Crippen molar-refractivity contribution in [2.24, 2.45) is 0 Å². The molecule has 3 atom stereocenters. The lowest BCUT2D eigenvalue weighted by molar-refractivity contribution is 0.582. The lowest BCUT2D eigenvalue weighted by atomic mass is 10.0. The van der Waals surface area contributed by atoms with Crippen molar-refractivity contribution < 1.29 is 0 Å². The molecular formula is C16H25BrN2S. The zero-order valence-electron chi connectivity index (χ0n) is 12.8. The minimum absolute atomic E-state index is 0.389. The highest BCUT2D eigenvalue weighted by molar-refractivity contribution is 9.10. The van der Waals surface area contributed by atoms with Crippen LogP contribution in [0.1, 0.15) is 39.3 Å². The first-order valence-corrected chi connectivity index (χ1v) is 9.29. The number of halogens is 1. The van der Waals surface area contributed by atoms with E-state index in [4.69, 9.17) is 0 Å². The first-order chi connectivity index (χ1) is 9.54. The van der Waals surface area contributed by atoms with E-state index in [1.165, 1.54) is 17.0 Å². The fourth-order valence-corrected chi connectivity index (χ4v) is 4.27. The molecule has 0 bridgehead atoms. The van der Waals surface area contributed by atoms with E-state index in [0.717, 1.165) is 17.6 Å². The number of benzene rings is 1. The third-order valence-corrected chi connectivity index (χ3v) is 5.99. The van der Waals surface area contributed by atoms with Crippen LogP contribution in [0.3, 0.4) is 0 Å². The summed E-state index contributed by atoms with van der Waals surface area (Å²) in [5, 5.41) is 4.22. The molecule has 1 fully saturated rings. The van der Waals surface area contributed by atoms with E-state index >= 15 is 0 Å². The zero-order chi connectivity index (χ0) is 14.7. The van der Waals surface area contributed by atoms with Crippen LogP contribution in [0.4, 0.5) is 5.69 Å². The summed E-state index contributed by atoms with van der Waals surface area (Å²) >= 11 is 5.72. The number of nitrogens with zero attached hydrogens (tertiary/aromatic N) is 1. The molecule has 0 aromatic heterocycles. The number of hydrogen-bond acceptors (Lipinski definition) is 3. The van der Waals surface area contributed by atoms with E-state index in [1.54, 1.807) is 0 Å². The van der Waals surface area contributed by atoms with Gasteiger partial charge in [-0.25, -0.2) is 0 Å². The Kier molecular flexibility index (Phi) is 5.82. The Hall–Kier alpha value is -0.190. The van der Waals surface area contributed by atoms with Gasteiger partial charge in [0.25, 0.3) is 0 Å². The van der Waals surface area contributed by atoms with Gasteiger partial charge in [-0.05, 0) is 38.1 Å². The third-order valence-electron chi connectivity index (χ3n) is 4.16. The van der Waals surface area contributed by atoms with Gasteiger partial charge in [-0.2, -0.15) is 11.8 Å². The Morgan fingerprint density at radius 2 is 2.20 bits per heavy atom. The van der Waals surface area contributed by atoms with Crippen molar-refractivity contribution in [3.05, 3.63) is 28.2 Å². The second-order valence-corrected chi connectivity index (χ2v) is 7.89. The number of nitrogens with one attached hydrogen (secondary N) is 1. The average molecular weight is 357 g/mol. The molecular weight excluding hydrogens is 332 g/mol. The molecule has 112 valence electrons. The van der Waals surface area contributed by atoms with Crippen molar-refractivity contribution in [1.29, 1.82) is 0 Å². The van der Waals surface area contributed by atoms with Gasteiger partial charge < -0.3 is 10.2 Å². The average Bonchev–Trinajstić information content (AvgIpc) is 2.42. The smallest absolute Gasteiger partial charge is 0.0428 e. The molecule has 1 N–H and O–H groups in total. The monoisotopic (exact) mass is 356 g/mol. The zero-order valence-corrected chi connectivity index (χ0v) is 15.2. The first-order valence-electron chi connectivity index (χ1n) is 7.45. The molecule has 1 heterocycles. The SMILES string of the molecule is CCNC(C)c1ccc(Br)cc1N1CCSC(C)C1C. The highest BCUT2D eigenvalue weighted by Crippen LogP contribution is 2.35. The lowest BCUT2D eigenvalue weighted by Gasteiger charge is -2.41. The molecule has 0 saturated carbocycles. The summed E-state index contributed by atoms with van der Waals surface area (Å²) in [7, 11) is 0. The fraction of sp³-hybridized carbons (Fsp3) is 0.625. The van der Waals surface area contributed by atoms with Crippen molar-refractivity contribution in [2.45, 2.75) is 45.0 Å². The van der Waals surface area contributed by atoms with Crippen LogP contribution in [0.15, 0.2) is 22.7 Å². The Morgan fingerprint density at radius 3 is 2.90 bits per heavy atom. The van der Waals surface area contributed by atoms with Crippen LogP contribution in [0.25, 0.3) is 0 Å². The maximum atomic E-state index is 3.63. The quantitative estimate of drug-likeness (QED) is 0.857. The molecule has 1 aliphatic rings. The molecule has 0 spiro atoms. The van der Waals surface area contributed by atoms with Gasteiger partial charge in [-0.1, -0.05) is 35.8 Å². The third kappa shape index (κ3) is 3.52. The van der Waals surface area contributed by atoms with E-state index in [0.29, 0.717) is 17.3 Å². The van der Waals surface area contributed by atoms with Crippen molar-refractivity contribution in [3.63, 3.8) is 0 Å². The van der Waals surface area contributed by atoms with Crippen molar-refractivity contribution in [2.75, 3.05) is 23.7 Å². The Balaban J connectivity index is 2.35. The molecule has 0 radical (unpaired) electrons. The highest BCUT2D eigenvalue weighted by atomic mass is 79.9. The predicted octanol–water partition coefficient (Wildman–Crippen LogP) is 4.45. The molecule has 2 nitrogen and oxygen atoms in total. The van der Waals surface area contributed by atoms with Gasteiger partial charge in [-0.3, -0.25) is 0 Å². The minimum Gasteiger partial charge on any atom is -0.367 e. The number of rotatable bonds is 4. The van der Waals surface area contributed by atoms with E-state index < -0.39 is 0 Å². The maximum Gasteiger partial charge on any atom is 0.0428 e. The number of thioether (sulfide) groups is 1. The van der Waals surface area contributed by atoms with Crippen LogP contribution in [-0.2, 0) is 0 Å². The summed E-state index contributed by atoms with van der Waals surface area (Å²) in [5.74, 6) is 1.22. The van der Waals surface area contributed by atoms with E-state index in [9.17, 15) is 0 Å². The number of anilines is 1. The molecule has 0 aliphatic carbocycles. The largest absolute Gasteiger partial charge is 0.367 e. The molecule has 1 aliphatic heterocycles. The summed E-state index contributed by atoms with van der Waals surface area (Å²) in [5.41, 5.74) is 2.79. The molecule has 20 heavy (non-hydrogen) atoms. The Morgan fingerprint density at radius 1 is 1.45 bits per heavy atom. The summed E-state index contributed by atoms with van der Waals surface area (Å²) < 4.78 is 1.16. The second-order valence-electron chi connectivity index (χ2n) is 5.49. The first kappa shape index (κ1) is 16.2. The van der Waals surface area contributed by atoms with Gasteiger partial charge in [-0.15, -0.1) is 0 Å². The molecule has 1 saturated heterocycles. The van der Waals surface area contributed by atoms with Crippen molar-refractivity contribution in [3.8, 4) is 0 Å². The van der Waals surface area contributed by atoms with Crippen LogP contribution in [0, 0.1) is 0 Å². The Labute approximate surface area is 135 Å². The summed E-state index contributed by atoms with van der Waals surface area (Å²) in [4.78, 5) is 2.58. The van der Waals surface area contributed by atoms with Gasteiger partial charge in [0, 0.05) is 39.8 Å². The van der Waals surface area contributed by atoms with Gasteiger partial charge in [0.1, 0.15) is 0 Å². The summed E-state index contributed by atoms with van der Waals surface area (Å²) in [6.45, 7) is 11.2. The van der Waals surface area contributed by atoms with E-state index in [-0.39, 0.29) is 0 Å². The van der Waals surface area contributed by atoms with Gasteiger partial charge in [0.15, 0.2) is 0 Å². The van der Waals surface area contributed by atoms with Crippen molar-refractivity contribution in [1.82, 2.24) is 5.32 Å². The predicted molar refractivity (Wildman–Crippen MR) is 95.0 cm³/mol. The van der Waals surface area contributed by atoms with E-state index in [2.05, 4.69) is 83.8 Å². The molecule has 2 rings (SSSR count). The Bertz CT molecular complexity index is 452. The van der Waals surface area contributed by atoms with Crippen LogP contribution in [-0.4, -0.2) is 30.1 Å². The summed E-state index contributed by atoms with van der Waals surface area (Å²) in [6, 6.07) is 7.66. The maximum absolute atomic E-state index is 3.63. The summed E-state index contributed by atoms with van der Waals surface area (Å²) in [6.07, 6.45) is 0. The van der Waals surface area contributed by atoms with Crippen LogP contribution >= 0.6 is 27.7 Å². The standard InChI is InChI=1S/C16H25BrN2S/c1-5-18-11(2)15-7-6-14(17)10-16(15)19-8-9-20-13(4)12(19)3/h6-7,10-13,18H,5,8-9H2,1-4H3. The number of hydrogen-bond donors (Lipinski definition) is 1. The fourth-order valence-electron chi connectivity index (χ4n) is 2.82. The van der Waals surface area contributed by atoms with Crippen LogP contribution < -0.4 is 10.2 Å². The van der Waals surface area contributed by atoms with Crippen LogP contribution in [0.2, 0.25) is 0 Å². The second kappa shape index (κ2) is 7.19. The lowest BCUT2D eigenvalue weighted by Crippen LogP contribution is -2.45. The van der Waals surface area contributed by atoms with Gasteiger partial charge >= 0.3 is 0 Å². The topological polar surface area (TPSA) is 15.3 Å². The van der Waals surface area contributed by atoms with Gasteiger partial charge in [0.2, 0.25) is 0 Å². The molecule has 1 aromatic carbocycles. The highest BCUT2D eigenvalue weighted by Gasteiger charge is 2.27.